The van der Waals surface area contributed by atoms with E-state index in [0.29, 0.717) is 23.9 Å². The van der Waals surface area contributed by atoms with Crippen molar-refractivity contribution < 1.29 is 4.79 Å². The second-order valence-corrected chi connectivity index (χ2v) is 7.62. The Morgan fingerprint density at radius 1 is 1.23 bits per heavy atom. The number of aromatic nitrogens is 4. The maximum Gasteiger partial charge on any atom is 0.274 e. The minimum Gasteiger partial charge on any atom is -0.345 e. The molecule has 3 rings (SSSR count). The Labute approximate surface area is 157 Å². The van der Waals surface area contributed by atoms with Crippen LogP contribution in [0.3, 0.4) is 0 Å². The summed E-state index contributed by atoms with van der Waals surface area (Å²) < 4.78 is 0. The SMILES string of the molecule is Cc1ccc(-n2nc(C)c(C(=O)NCc3csc(C(C)C)n3)n2)c(C)c1. The van der Waals surface area contributed by atoms with Crippen LogP contribution >= 0.6 is 11.3 Å². The van der Waals surface area contributed by atoms with E-state index >= 15 is 0 Å². The first-order chi connectivity index (χ1) is 12.3. The van der Waals surface area contributed by atoms with Crippen LogP contribution in [0.4, 0.5) is 0 Å². The van der Waals surface area contributed by atoms with Crippen LogP contribution < -0.4 is 5.32 Å². The largest absolute Gasteiger partial charge is 0.345 e. The van der Waals surface area contributed by atoms with Crippen molar-refractivity contribution in [1.29, 1.82) is 0 Å². The topological polar surface area (TPSA) is 72.7 Å². The molecule has 0 atom stereocenters. The highest BCUT2D eigenvalue weighted by molar-refractivity contribution is 7.09. The van der Waals surface area contributed by atoms with Crippen LogP contribution in [0, 0.1) is 20.8 Å². The van der Waals surface area contributed by atoms with E-state index in [1.165, 1.54) is 10.4 Å². The molecule has 1 N–H and O–H groups in total. The molecule has 0 bridgehead atoms. The van der Waals surface area contributed by atoms with Crippen molar-refractivity contribution in [1.82, 2.24) is 25.3 Å². The number of nitrogens with one attached hydrogen (secondary N) is 1. The number of carbonyl (C=O) groups is 1. The lowest BCUT2D eigenvalue weighted by Crippen LogP contribution is -2.24. The maximum absolute atomic E-state index is 12.5. The zero-order valence-electron chi connectivity index (χ0n) is 15.7. The molecule has 0 radical (unpaired) electrons. The van der Waals surface area contributed by atoms with Gasteiger partial charge in [-0.05, 0) is 32.4 Å². The summed E-state index contributed by atoms with van der Waals surface area (Å²) in [5.41, 5.74) is 4.92. The number of aryl methyl sites for hydroxylation is 3. The van der Waals surface area contributed by atoms with Gasteiger partial charge in [-0.3, -0.25) is 4.79 Å². The Balaban J connectivity index is 1.74. The second kappa shape index (κ2) is 7.37. The maximum atomic E-state index is 12.5. The predicted octanol–water partition coefficient (Wildman–Crippen LogP) is 3.70. The lowest BCUT2D eigenvalue weighted by atomic mass is 10.1. The monoisotopic (exact) mass is 369 g/mol. The third kappa shape index (κ3) is 3.83. The van der Waals surface area contributed by atoms with E-state index in [1.807, 2.05) is 31.4 Å². The highest BCUT2D eigenvalue weighted by Crippen LogP contribution is 2.19. The normalized spacial score (nSPS) is 11.2. The summed E-state index contributed by atoms with van der Waals surface area (Å²) in [4.78, 5) is 18.6. The number of nitrogens with zero attached hydrogens (tertiary/aromatic N) is 4. The molecule has 3 aromatic rings. The molecule has 26 heavy (non-hydrogen) atoms. The zero-order chi connectivity index (χ0) is 18.8. The average molecular weight is 369 g/mol. The predicted molar refractivity (Wildman–Crippen MR) is 103 cm³/mol. The van der Waals surface area contributed by atoms with Crippen molar-refractivity contribution in [2.45, 2.75) is 47.1 Å². The first-order valence-electron chi connectivity index (χ1n) is 8.59. The third-order valence-corrected chi connectivity index (χ3v) is 5.25. The van der Waals surface area contributed by atoms with Crippen LogP contribution in [0.15, 0.2) is 23.6 Å². The molecule has 0 unspecified atom stereocenters. The Kier molecular flexibility index (Phi) is 5.18. The Morgan fingerprint density at radius 2 is 2.00 bits per heavy atom. The standard InChI is InChI=1S/C19H23N5OS/c1-11(2)19-21-15(10-26-19)9-20-18(25)17-14(5)22-24(23-17)16-7-6-12(3)8-13(16)4/h6-8,10-11H,9H2,1-5H3,(H,20,25). The lowest BCUT2D eigenvalue weighted by molar-refractivity contribution is 0.0944. The van der Waals surface area contributed by atoms with Crippen molar-refractivity contribution >= 4 is 17.2 Å². The van der Waals surface area contributed by atoms with E-state index in [1.54, 1.807) is 18.3 Å². The van der Waals surface area contributed by atoms with Crippen molar-refractivity contribution in [3.63, 3.8) is 0 Å². The van der Waals surface area contributed by atoms with Crippen molar-refractivity contribution in [2.75, 3.05) is 0 Å². The van der Waals surface area contributed by atoms with Gasteiger partial charge in [0.2, 0.25) is 0 Å². The van der Waals surface area contributed by atoms with Gasteiger partial charge in [-0.2, -0.15) is 9.90 Å². The van der Waals surface area contributed by atoms with Gasteiger partial charge in [0.05, 0.1) is 28.6 Å². The summed E-state index contributed by atoms with van der Waals surface area (Å²) in [5, 5.41) is 14.7. The molecule has 0 saturated heterocycles. The van der Waals surface area contributed by atoms with Crippen LogP contribution in [-0.2, 0) is 6.54 Å². The molecule has 0 aliphatic rings. The van der Waals surface area contributed by atoms with Gasteiger partial charge in [-0.1, -0.05) is 31.5 Å². The van der Waals surface area contributed by atoms with E-state index < -0.39 is 0 Å². The molecular formula is C19H23N5OS. The van der Waals surface area contributed by atoms with Gasteiger partial charge in [0.25, 0.3) is 5.91 Å². The van der Waals surface area contributed by atoms with Crippen LogP contribution in [0.2, 0.25) is 0 Å². The van der Waals surface area contributed by atoms with Gasteiger partial charge in [0.15, 0.2) is 5.69 Å². The van der Waals surface area contributed by atoms with Crippen molar-refractivity contribution in [3.05, 3.63) is 56.8 Å². The molecule has 1 aromatic carbocycles. The third-order valence-electron chi connectivity index (χ3n) is 4.06. The summed E-state index contributed by atoms with van der Waals surface area (Å²) in [7, 11) is 0. The van der Waals surface area contributed by atoms with E-state index in [4.69, 9.17) is 0 Å². The molecule has 6 nitrogen and oxygen atoms in total. The van der Waals surface area contributed by atoms with E-state index in [-0.39, 0.29) is 5.91 Å². The highest BCUT2D eigenvalue weighted by Gasteiger charge is 2.17. The fourth-order valence-electron chi connectivity index (χ4n) is 2.65. The Morgan fingerprint density at radius 3 is 2.65 bits per heavy atom. The number of carbonyl (C=O) groups excluding carboxylic acids is 1. The number of rotatable bonds is 5. The smallest absolute Gasteiger partial charge is 0.274 e. The van der Waals surface area contributed by atoms with E-state index in [9.17, 15) is 4.79 Å². The summed E-state index contributed by atoms with van der Waals surface area (Å²) in [6.45, 7) is 10.4. The molecule has 136 valence electrons. The zero-order valence-corrected chi connectivity index (χ0v) is 16.5. The fourth-order valence-corrected chi connectivity index (χ4v) is 3.48. The van der Waals surface area contributed by atoms with E-state index in [0.717, 1.165) is 22.0 Å². The number of amides is 1. The molecule has 1 amide bonds. The summed E-state index contributed by atoms with van der Waals surface area (Å²) in [5.74, 6) is 0.155. The molecule has 0 aliphatic heterocycles. The van der Waals surface area contributed by atoms with Crippen LogP contribution in [0.5, 0.6) is 0 Å². The van der Waals surface area contributed by atoms with Crippen molar-refractivity contribution in [3.8, 4) is 5.69 Å². The van der Waals surface area contributed by atoms with Crippen molar-refractivity contribution in [2.24, 2.45) is 0 Å². The second-order valence-electron chi connectivity index (χ2n) is 6.73. The first-order valence-corrected chi connectivity index (χ1v) is 9.47. The van der Waals surface area contributed by atoms with Crippen LogP contribution in [-0.4, -0.2) is 25.9 Å². The molecule has 7 heteroatoms. The van der Waals surface area contributed by atoms with Gasteiger partial charge in [-0.15, -0.1) is 16.4 Å². The summed E-state index contributed by atoms with van der Waals surface area (Å²) >= 11 is 1.62. The molecule has 0 saturated carbocycles. The van der Waals surface area contributed by atoms with E-state index in [2.05, 4.69) is 40.4 Å². The molecule has 0 spiro atoms. The number of benzene rings is 1. The quantitative estimate of drug-likeness (QED) is 0.744. The molecule has 2 aromatic heterocycles. The van der Waals surface area contributed by atoms with Gasteiger partial charge in [0.1, 0.15) is 0 Å². The molecule has 0 aliphatic carbocycles. The highest BCUT2D eigenvalue weighted by atomic mass is 32.1. The fraction of sp³-hybridized carbons (Fsp3) is 0.368. The van der Waals surface area contributed by atoms with Crippen LogP contribution in [0.25, 0.3) is 5.69 Å². The lowest BCUT2D eigenvalue weighted by Gasteiger charge is -2.05. The molecule has 0 fully saturated rings. The Hall–Kier alpha value is -2.54. The minimum absolute atomic E-state index is 0.238. The summed E-state index contributed by atoms with van der Waals surface area (Å²) in [6.07, 6.45) is 0. The van der Waals surface area contributed by atoms with Gasteiger partial charge in [-0.25, -0.2) is 4.98 Å². The minimum atomic E-state index is -0.238. The van der Waals surface area contributed by atoms with Crippen LogP contribution in [0.1, 0.15) is 57.8 Å². The Bertz CT molecular complexity index is 941. The number of hydrogen-bond donors (Lipinski definition) is 1. The first kappa shape index (κ1) is 18.3. The summed E-state index contributed by atoms with van der Waals surface area (Å²) in [6, 6.07) is 6.05. The molecular weight excluding hydrogens is 346 g/mol. The molecule has 2 heterocycles. The van der Waals surface area contributed by atoms with Gasteiger partial charge < -0.3 is 5.32 Å². The van der Waals surface area contributed by atoms with Gasteiger partial charge in [0, 0.05) is 11.3 Å². The number of thiazole rings is 1. The number of hydrogen-bond acceptors (Lipinski definition) is 5. The van der Waals surface area contributed by atoms with Gasteiger partial charge >= 0.3 is 0 Å². The average Bonchev–Trinajstić information content (AvgIpc) is 3.19.